The highest BCUT2D eigenvalue weighted by molar-refractivity contribution is 5.77. The third kappa shape index (κ3) is 1.66. The van der Waals surface area contributed by atoms with Crippen molar-refractivity contribution in [1.82, 2.24) is 9.55 Å². The van der Waals surface area contributed by atoms with Crippen LogP contribution in [0.15, 0.2) is 6.20 Å². The molecule has 4 heteroatoms. The van der Waals surface area contributed by atoms with Gasteiger partial charge in [-0.15, -0.1) is 0 Å². The molecule has 1 aliphatic carbocycles. The normalized spacial score (nSPS) is 23.9. The first-order valence-electron chi connectivity index (χ1n) is 6.44. The second-order valence-corrected chi connectivity index (χ2v) is 5.04. The molecule has 17 heavy (non-hydrogen) atoms. The molecule has 0 aromatic carbocycles. The number of ether oxygens (including phenoxy) is 1. The maximum Gasteiger partial charge on any atom is 0.314 e. The Balaban J connectivity index is 1.93. The molecule has 2 aliphatic rings. The number of rotatable bonds is 2. The van der Waals surface area contributed by atoms with Crippen molar-refractivity contribution in [1.29, 1.82) is 0 Å². The van der Waals surface area contributed by atoms with Gasteiger partial charge in [0.2, 0.25) is 0 Å². The first-order valence-corrected chi connectivity index (χ1v) is 6.44. The molecular weight excluding hydrogens is 216 g/mol. The number of esters is 1. The van der Waals surface area contributed by atoms with Gasteiger partial charge in [0.15, 0.2) is 0 Å². The molecule has 92 valence electrons. The molecule has 1 aromatic heterocycles. The number of nitrogens with zero attached hydrogens (tertiary/aromatic N) is 2. The molecule has 0 saturated heterocycles. The molecule has 0 bridgehead atoms. The van der Waals surface area contributed by atoms with E-state index < -0.39 is 0 Å². The third-order valence-electron chi connectivity index (χ3n) is 4.10. The Labute approximate surface area is 101 Å². The summed E-state index contributed by atoms with van der Waals surface area (Å²) in [6, 6.07) is 0. The van der Waals surface area contributed by atoms with E-state index in [-0.39, 0.29) is 11.9 Å². The van der Waals surface area contributed by atoms with Crippen LogP contribution in [0.25, 0.3) is 0 Å². The summed E-state index contributed by atoms with van der Waals surface area (Å²) in [4.78, 5) is 16.3. The van der Waals surface area contributed by atoms with E-state index >= 15 is 0 Å². The molecule has 3 rings (SSSR count). The van der Waals surface area contributed by atoms with Crippen molar-refractivity contribution >= 4 is 5.97 Å². The van der Waals surface area contributed by atoms with Crippen molar-refractivity contribution in [2.75, 3.05) is 7.11 Å². The number of methoxy groups -OCH3 is 1. The van der Waals surface area contributed by atoms with Crippen LogP contribution in [0.1, 0.15) is 55.5 Å². The molecular formula is C13H18N2O2. The van der Waals surface area contributed by atoms with E-state index in [1.165, 1.54) is 32.2 Å². The van der Waals surface area contributed by atoms with Crippen molar-refractivity contribution in [2.24, 2.45) is 0 Å². The van der Waals surface area contributed by atoms with E-state index in [1.54, 1.807) is 0 Å². The van der Waals surface area contributed by atoms with Crippen molar-refractivity contribution in [3.63, 3.8) is 0 Å². The molecule has 0 N–H and O–H groups in total. The topological polar surface area (TPSA) is 44.1 Å². The minimum Gasteiger partial charge on any atom is -0.469 e. The number of imidazole rings is 1. The van der Waals surface area contributed by atoms with E-state index in [9.17, 15) is 4.79 Å². The molecule has 0 amide bonds. The van der Waals surface area contributed by atoms with Gasteiger partial charge < -0.3 is 9.30 Å². The van der Waals surface area contributed by atoms with Crippen molar-refractivity contribution in [3.05, 3.63) is 17.7 Å². The summed E-state index contributed by atoms with van der Waals surface area (Å²) in [5.74, 6) is 1.60. The molecule has 4 nitrogen and oxygen atoms in total. The van der Waals surface area contributed by atoms with E-state index in [0.29, 0.717) is 5.92 Å². The lowest BCUT2D eigenvalue weighted by Gasteiger charge is -2.29. The van der Waals surface area contributed by atoms with Crippen LogP contribution in [0, 0.1) is 0 Å². The van der Waals surface area contributed by atoms with Crippen molar-refractivity contribution in [3.8, 4) is 0 Å². The Bertz CT molecular complexity index is 435. The van der Waals surface area contributed by atoms with Gasteiger partial charge in [0.25, 0.3) is 0 Å². The average molecular weight is 234 g/mol. The fraction of sp³-hybridized carbons (Fsp3) is 0.692. The second kappa shape index (κ2) is 4.17. The zero-order chi connectivity index (χ0) is 11.8. The molecule has 0 radical (unpaired) electrons. The number of hydrogen-bond donors (Lipinski definition) is 0. The number of carbonyl (C=O) groups is 1. The Morgan fingerprint density at radius 2 is 2.24 bits per heavy atom. The largest absolute Gasteiger partial charge is 0.469 e. The standard InChI is InChI=1S/C13H18N2O2/c1-17-13(16)10-6-3-7-15-11(10)8-14-12(15)9-4-2-5-9/h8-10H,2-7H2,1H3. The number of aromatic nitrogens is 2. The SMILES string of the molecule is COC(=O)C1CCCn2c1cnc2C1CCC1. The van der Waals surface area contributed by atoms with Crippen LogP contribution >= 0.6 is 0 Å². The molecule has 1 aliphatic heterocycles. The summed E-state index contributed by atoms with van der Waals surface area (Å²) in [6.07, 6.45) is 7.63. The van der Waals surface area contributed by atoms with E-state index in [4.69, 9.17) is 4.74 Å². The highest BCUT2D eigenvalue weighted by Gasteiger charge is 2.32. The van der Waals surface area contributed by atoms with Gasteiger partial charge >= 0.3 is 5.97 Å². The Hall–Kier alpha value is -1.32. The molecule has 1 aromatic rings. The molecule has 0 spiro atoms. The van der Waals surface area contributed by atoms with Crippen LogP contribution in [0.3, 0.4) is 0 Å². The summed E-state index contributed by atoms with van der Waals surface area (Å²) < 4.78 is 7.14. The highest BCUT2D eigenvalue weighted by Crippen LogP contribution is 2.39. The zero-order valence-corrected chi connectivity index (χ0v) is 10.2. The Kier molecular flexibility index (Phi) is 2.65. The lowest BCUT2D eigenvalue weighted by molar-refractivity contribution is -0.143. The Morgan fingerprint density at radius 3 is 2.88 bits per heavy atom. The van der Waals surface area contributed by atoms with Gasteiger partial charge in [-0.05, 0) is 25.7 Å². The van der Waals surface area contributed by atoms with Gasteiger partial charge in [0.05, 0.1) is 18.7 Å². The Morgan fingerprint density at radius 1 is 1.41 bits per heavy atom. The summed E-state index contributed by atoms with van der Waals surface area (Å²) in [6.45, 7) is 1.01. The van der Waals surface area contributed by atoms with E-state index in [2.05, 4.69) is 9.55 Å². The zero-order valence-electron chi connectivity index (χ0n) is 10.2. The van der Waals surface area contributed by atoms with Gasteiger partial charge in [0.1, 0.15) is 5.82 Å². The van der Waals surface area contributed by atoms with Crippen LogP contribution < -0.4 is 0 Å². The maximum atomic E-state index is 11.7. The molecule has 2 heterocycles. The van der Waals surface area contributed by atoms with Crippen LogP contribution in [0.2, 0.25) is 0 Å². The minimum absolute atomic E-state index is 0.102. The van der Waals surface area contributed by atoms with Gasteiger partial charge in [-0.2, -0.15) is 0 Å². The lowest BCUT2D eigenvalue weighted by atomic mass is 9.84. The van der Waals surface area contributed by atoms with Gasteiger partial charge in [-0.1, -0.05) is 6.42 Å². The molecule has 1 atom stereocenters. The number of hydrogen-bond acceptors (Lipinski definition) is 3. The summed E-state index contributed by atoms with van der Waals surface area (Å²) in [7, 11) is 1.46. The fourth-order valence-electron chi connectivity index (χ4n) is 2.90. The van der Waals surface area contributed by atoms with Crippen LogP contribution in [-0.4, -0.2) is 22.6 Å². The van der Waals surface area contributed by atoms with E-state index in [0.717, 1.165) is 25.1 Å². The first kappa shape index (κ1) is 10.8. The van der Waals surface area contributed by atoms with Gasteiger partial charge in [-0.25, -0.2) is 4.98 Å². The van der Waals surface area contributed by atoms with Crippen molar-refractivity contribution in [2.45, 2.75) is 50.5 Å². The summed E-state index contributed by atoms with van der Waals surface area (Å²) in [5.41, 5.74) is 1.06. The quantitative estimate of drug-likeness (QED) is 0.737. The monoisotopic (exact) mass is 234 g/mol. The van der Waals surface area contributed by atoms with Crippen LogP contribution in [0.5, 0.6) is 0 Å². The molecule has 1 fully saturated rings. The fourth-order valence-corrected chi connectivity index (χ4v) is 2.90. The maximum absolute atomic E-state index is 11.7. The summed E-state index contributed by atoms with van der Waals surface area (Å²) >= 11 is 0. The predicted octanol–water partition coefficient (Wildman–Crippen LogP) is 2.20. The lowest BCUT2D eigenvalue weighted by Crippen LogP contribution is -2.25. The number of carbonyl (C=O) groups excluding carboxylic acids is 1. The van der Waals surface area contributed by atoms with Crippen LogP contribution in [0.4, 0.5) is 0 Å². The highest BCUT2D eigenvalue weighted by atomic mass is 16.5. The van der Waals surface area contributed by atoms with Gasteiger partial charge in [-0.3, -0.25) is 4.79 Å². The predicted molar refractivity (Wildman–Crippen MR) is 62.8 cm³/mol. The molecule has 1 unspecified atom stereocenters. The molecule has 1 saturated carbocycles. The smallest absolute Gasteiger partial charge is 0.314 e. The first-order chi connectivity index (χ1) is 8.31. The second-order valence-electron chi connectivity index (χ2n) is 5.04. The number of fused-ring (bicyclic) bond motifs is 1. The van der Waals surface area contributed by atoms with Crippen molar-refractivity contribution < 1.29 is 9.53 Å². The van der Waals surface area contributed by atoms with Gasteiger partial charge in [0, 0.05) is 18.7 Å². The van der Waals surface area contributed by atoms with E-state index in [1.807, 2.05) is 6.20 Å². The average Bonchev–Trinajstić information content (AvgIpc) is 2.70. The summed E-state index contributed by atoms with van der Waals surface area (Å²) in [5, 5.41) is 0. The third-order valence-corrected chi connectivity index (χ3v) is 4.10. The minimum atomic E-state index is -0.119. The van der Waals surface area contributed by atoms with Crippen LogP contribution in [-0.2, 0) is 16.1 Å².